The summed E-state index contributed by atoms with van der Waals surface area (Å²) in [6.45, 7) is 11.0. The minimum absolute atomic E-state index is 0.120. The van der Waals surface area contributed by atoms with Gasteiger partial charge in [0.05, 0.1) is 7.11 Å². The molecular weight excluding hydrogens is 424 g/mol. The van der Waals surface area contributed by atoms with Crippen molar-refractivity contribution in [3.05, 3.63) is 72.6 Å². The van der Waals surface area contributed by atoms with E-state index >= 15 is 0 Å². The van der Waals surface area contributed by atoms with Gasteiger partial charge < -0.3 is 20.7 Å². The number of nitrogens with zero attached hydrogens (tertiary/aromatic N) is 2. The summed E-state index contributed by atoms with van der Waals surface area (Å²) in [5.74, 6) is 1.45. The summed E-state index contributed by atoms with van der Waals surface area (Å²) < 4.78 is 5.27. The molecule has 0 radical (unpaired) electrons. The van der Waals surface area contributed by atoms with E-state index in [1.54, 1.807) is 13.3 Å². The van der Waals surface area contributed by atoms with Crippen molar-refractivity contribution in [3.8, 4) is 0 Å². The lowest BCUT2D eigenvalue weighted by atomic mass is 9.91. The summed E-state index contributed by atoms with van der Waals surface area (Å²) in [7, 11) is 1.61. The summed E-state index contributed by atoms with van der Waals surface area (Å²) in [6.07, 6.45) is 10.5. The molecule has 0 aliphatic carbocycles. The molecule has 0 atom stereocenters. The molecule has 182 valence electrons. The Labute approximate surface area is 203 Å². The minimum Gasteiger partial charge on any atom is -0.497 e. The number of carbonyl (C=O) groups excluding carboxylic acids is 1. The van der Waals surface area contributed by atoms with Crippen molar-refractivity contribution in [1.29, 1.82) is 0 Å². The monoisotopic (exact) mass is 462 g/mol. The zero-order valence-corrected chi connectivity index (χ0v) is 20.4. The van der Waals surface area contributed by atoms with E-state index in [0.29, 0.717) is 17.9 Å². The fourth-order valence-electron chi connectivity index (χ4n) is 4.45. The molecule has 1 saturated heterocycles. The molecule has 0 saturated carbocycles. The number of amides is 1. The minimum atomic E-state index is 0.120. The number of likely N-dealkylation sites (tertiary alicyclic amines) is 1. The average Bonchev–Trinajstić information content (AvgIpc) is 2.87. The van der Waals surface area contributed by atoms with Crippen molar-refractivity contribution in [3.63, 3.8) is 0 Å². The molecule has 1 aliphatic rings. The molecule has 1 aromatic carbocycles. The molecule has 0 unspecified atom stereocenters. The molecule has 1 amide bonds. The molecule has 3 N–H and O–H groups in total. The first-order chi connectivity index (χ1) is 16.5. The standard InChI is InChI=1S/C28H38N4O2/c1-21(25-17-26(22(2)34-3)19-27(29)18-25)32-15-11-23(12-16-32)7-4-5-14-31-28(33)10-9-24-8-6-13-30-20-24/h6,8,13,17-20,23H,1-2,4-5,7,9-12,14-16,29H2,3H3,(H,31,33). The van der Waals surface area contributed by atoms with E-state index in [0.717, 1.165) is 80.0 Å². The van der Waals surface area contributed by atoms with Crippen molar-refractivity contribution in [2.45, 2.75) is 44.9 Å². The Hall–Kier alpha value is -3.28. The second-order valence-corrected chi connectivity index (χ2v) is 9.06. The maximum Gasteiger partial charge on any atom is 0.220 e. The largest absolute Gasteiger partial charge is 0.497 e. The Morgan fingerprint density at radius 1 is 1.21 bits per heavy atom. The predicted molar refractivity (Wildman–Crippen MR) is 140 cm³/mol. The third-order valence-corrected chi connectivity index (χ3v) is 6.58. The quantitative estimate of drug-likeness (QED) is 0.267. The van der Waals surface area contributed by atoms with Crippen LogP contribution in [0.3, 0.4) is 0 Å². The predicted octanol–water partition coefficient (Wildman–Crippen LogP) is 4.88. The molecule has 3 rings (SSSR count). The van der Waals surface area contributed by atoms with Crippen LogP contribution in [0.5, 0.6) is 0 Å². The number of aromatic nitrogens is 1. The first-order valence-electron chi connectivity index (χ1n) is 12.2. The smallest absolute Gasteiger partial charge is 0.220 e. The van der Waals surface area contributed by atoms with Crippen molar-refractivity contribution in [2.24, 2.45) is 5.92 Å². The first kappa shape index (κ1) is 25.3. The highest BCUT2D eigenvalue weighted by Gasteiger charge is 2.21. The van der Waals surface area contributed by atoms with E-state index in [1.807, 2.05) is 36.5 Å². The number of nitrogens with one attached hydrogen (secondary N) is 1. The number of pyridine rings is 1. The molecule has 6 nitrogen and oxygen atoms in total. The van der Waals surface area contributed by atoms with Gasteiger partial charge in [-0.25, -0.2) is 0 Å². The highest BCUT2D eigenvalue weighted by molar-refractivity contribution is 5.76. The molecule has 1 aliphatic heterocycles. The van der Waals surface area contributed by atoms with E-state index < -0.39 is 0 Å². The van der Waals surface area contributed by atoms with Crippen molar-refractivity contribution in [2.75, 3.05) is 32.5 Å². The summed E-state index contributed by atoms with van der Waals surface area (Å²) in [5.41, 5.74) is 10.8. The third-order valence-electron chi connectivity index (χ3n) is 6.58. The number of methoxy groups -OCH3 is 1. The number of piperidine rings is 1. The maximum atomic E-state index is 12.0. The van der Waals surface area contributed by atoms with Crippen LogP contribution in [0.15, 0.2) is 55.9 Å². The Bertz CT molecular complexity index is 966. The van der Waals surface area contributed by atoms with E-state index in [2.05, 4.69) is 28.4 Å². The number of nitrogens with two attached hydrogens (primary N) is 1. The molecule has 2 aromatic rings. The van der Waals surface area contributed by atoms with E-state index in [4.69, 9.17) is 10.5 Å². The average molecular weight is 463 g/mol. The van der Waals surface area contributed by atoms with Crippen LogP contribution in [0.4, 0.5) is 5.69 Å². The van der Waals surface area contributed by atoms with Gasteiger partial charge >= 0.3 is 0 Å². The summed E-state index contributed by atoms with van der Waals surface area (Å²) in [6, 6.07) is 9.79. The Kier molecular flexibility index (Phi) is 9.56. The fraction of sp³-hybridized carbons (Fsp3) is 0.429. The summed E-state index contributed by atoms with van der Waals surface area (Å²) >= 11 is 0. The van der Waals surface area contributed by atoms with Gasteiger partial charge in [0, 0.05) is 55.4 Å². The molecule has 34 heavy (non-hydrogen) atoms. The topological polar surface area (TPSA) is 80.5 Å². The zero-order chi connectivity index (χ0) is 24.3. The van der Waals surface area contributed by atoms with Gasteiger partial charge in [0.25, 0.3) is 0 Å². The van der Waals surface area contributed by atoms with Gasteiger partial charge in [0.1, 0.15) is 5.76 Å². The third kappa shape index (κ3) is 7.65. The van der Waals surface area contributed by atoms with Crippen LogP contribution >= 0.6 is 0 Å². The van der Waals surface area contributed by atoms with Crippen molar-refractivity contribution >= 4 is 23.1 Å². The lowest BCUT2D eigenvalue weighted by Crippen LogP contribution is -2.32. The highest BCUT2D eigenvalue weighted by atomic mass is 16.5. The Morgan fingerprint density at radius 2 is 1.97 bits per heavy atom. The van der Waals surface area contributed by atoms with Gasteiger partial charge in [-0.3, -0.25) is 9.78 Å². The SMILES string of the molecule is C=C(OC)c1cc(N)cc(C(=C)N2CCC(CCCCNC(=O)CCc3cccnc3)CC2)c1. The van der Waals surface area contributed by atoms with Crippen LogP contribution in [-0.2, 0) is 16.0 Å². The van der Waals surface area contributed by atoms with Crippen LogP contribution < -0.4 is 11.1 Å². The van der Waals surface area contributed by atoms with E-state index in [9.17, 15) is 4.79 Å². The molecule has 0 spiro atoms. The van der Waals surface area contributed by atoms with Crippen LogP contribution in [-0.4, -0.2) is 42.5 Å². The Balaban J connectivity index is 1.32. The number of nitrogen functional groups attached to an aromatic ring is 1. The van der Waals surface area contributed by atoms with E-state index in [-0.39, 0.29) is 5.91 Å². The number of hydrogen-bond acceptors (Lipinski definition) is 5. The number of aryl methyl sites for hydroxylation is 1. The number of ether oxygens (including phenoxy) is 1. The molecule has 1 aromatic heterocycles. The molecular formula is C28H38N4O2. The number of carbonyl (C=O) groups is 1. The van der Waals surface area contributed by atoms with Gasteiger partial charge in [0.15, 0.2) is 0 Å². The first-order valence-corrected chi connectivity index (χ1v) is 12.2. The molecule has 6 heteroatoms. The van der Waals surface area contributed by atoms with E-state index in [1.165, 1.54) is 6.42 Å². The van der Waals surface area contributed by atoms with Gasteiger partial charge in [0.2, 0.25) is 5.91 Å². The lowest BCUT2D eigenvalue weighted by molar-refractivity contribution is -0.121. The van der Waals surface area contributed by atoms with Crippen LogP contribution in [0.2, 0.25) is 0 Å². The Morgan fingerprint density at radius 3 is 2.68 bits per heavy atom. The lowest BCUT2D eigenvalue weighted by Gasteiger charge is -2.35. The van der Waals surface area contributed by atoms with Gasteiger partial charge in [-0.15, -0.1) is 0 Å². The van der Waals surface area contributed by atoms with Crippen LogP contribution in [0.25, 0.3) is 11.5 Å². The van der Waals surface area contributed by atoms with Crippen LogP contribution in [0, 0.1) is 5.92 Å². The fourth-order valence-corrected chi connectivity index (χ4v) is 4.45. The maximum absolute atomic E-state index is 12.0. The second-order valence-electron chi connectivity index (χ2n) is 9.06. The number of rotatable bonds is 12. The number of benzene rings is 1. The summed E-state index contributed by atoms with van der Waals surface area (Å²) in [4.78, 5) is 18.5. The second kappa shape index (κ2) is 12.8. The molecule has 1 fully saturated rings. The van der Waals surface area contributed by atoms with Crippen LogP contribution in [0.1, 0.15) is 55.2 Å². The number of unbranched alkanes of at least 4 members (excludes halogenated alkanes) is 1. The van der Waals surface area contributed by atoms with Crippen molar-refractivity contribution in [1.82, 2.24) is 15.2 Å². The highest BCUT2D eigenvalue weighted by Crippen LogP contribution is 2.30. The number of hydrogen-bond donors (Lipinski definition) is 2. The zero-order valence-electron chi connectivity index (χ0n) is 20.4. The van der Waals surface area contributed by atoms with Gasteiger partial charge in [-0.1, -0.05) is 32.1 Å². The van der Waals surface area contributed by atoms with Gasteiger partial charge in [-0.05, 0) is 67.0 Å². The van der Waals surface area contributed by atoms with Gasteiger partial charge in [-0.2, -0.15) is 0 Å². The number of anilines is 1. The van der Waals surface area contributed by atoms with Crippen molar-refractivity contribution < 1.29 is 9.53 Å². The molecule has 0 bridgehead atoms. The normalized spacial score (nSPS) is 14.0. The summed E-state index contributed by atoms with van der Waals surface area (Å²) in [5, 5.41) is 3.05. The molecule has 2 heterocycles.